The van der Waals surface area contributed by atoms with E-state index in [9.17, 15) is 4.79 Å². The van der Waals surface area contributed by atoms with Crippen LogP contribution in [0.3, 0.4) is 0 Å². The summed E-state index contributed by atoms with van der Waals surface area (Å²) in [7, 11) is 0. The summed E-state index contributed by atoms with van der Waals surface area (Å²) in [6.45, 7) is 2.05. The van der Waals surface area contributed by atoms with Crippen LogP contribution in [-0.2, 0) is 6.42 Å². The summed E-state index contributed by atoms with van der Waals surface area (Å²) in [5, 5.41) is 3.13. The van der Waals surface area contributed by atoms with Gasteiger partial charge in [-0.15, -0.1) is 0 Å². The zero-order chi connectivity index (χ0) is 16.5. The third kappa shape index (κ3) is 2.74. The van der Waals surface area contributed by atoms with Gasteiger partial charge in [0.25, 0.3) is 5.56 Å². The molecule has 4 heteroatoms. The fraction of sp³-hybridized carbons (Fsp3) is 0.100. The zero-order valence-corrected chi connectivity index (χ0v) is 13.4. The first-order chi connectivity index (χ1) is 11.7. The average Bonchev–Trinajstić information content (AvgIpc) is 3.01. The van der Waals surface area contributed by atoms with Crippen molar-refractivity contribution in [1.29, 1.82) is 0 Å². The smallest absolute Gasteiger partial charge is 0.272 e. The summed E-state index contributed by atoms with van der Waals surface area (Å²) in [6, 6.07) is 21.7. The lowest BCUT2D eigenvalue weighted by Crippen LogP contribution is -2.15. The molecule has 0 saturated carbocycles. The second-order valence-electron chi connectivity index (χ2n) is 5.98. The van der Waals surface area contributed by atoms with Gasteiger partial charge in [0.15, 0.2) is 5.65 Å². The van der Waals surface area contributed by atoms with E-state index in [0.717, 1.165) is 22.5 Å². The minimum atomic E-state index is -0.0932. The van der Waals surface area contributed by atoms with Crippen LogP contribution in [0, 0.1) is 6.92 Å². The van der Waals surface area contributed by atoms with Crippen molar-refractivity contribution < 1.29 is 0 Å². The molecule has 24 heavy (non-hydrogen) atoms. The number of hydrogen-bond donors (Lipinski definition) is 1. The molecule has 0 amide bonds. The number of aryl methyl sites for hydroxylation is 1. The summed E-state index contributed by atoms with van der Waals surface area (Å²) < 4.78 is 1.49. The van der Waals surface area contributed by atoms with Crippen LogP contribution in [-0.4, -0.2) is 14.6 Å². The highest BCUT2D eigenvalue weighted by atomic mass is 16.1. The number of hydrogen-bond acceptors (Lipinski definition) is 2. The van der Waals surface area contributed by atoms with E-state index in [2.05, 4.69) is 29.1 Å². The maximum atomic E-state index is 12.4. The van der Waals surface area contributed by atoms with Gasteiger partial charge < -0.3 is 0 Å². The lowest BCUT2D eigenvalue weighted by atomic mass is 10.1. The topological polar surface area (TPSA) is 50.2 Å². The summed E-state index contributed by atoms with van der Waals surface area (Å²) in [5.74, 6) is 0. The van der Waals surface area contributed by atoms with Crippen LogP contribution >= 0.6 is 0 Å². The molecule has 0 aliphatic rings. The van der Waals surface area contributed by atoms with E-state index in [1.54, 1.807) is 6.07 Å². The first-order valence-electron chi connectivity index (χ1n) is 7.92. The Morgan fingerprint density at radius 3 is 2.50 bits per heavy atom. The van der Waals surface area contributed by atoms with Gasteiger partial charge in [-0.05, 0) is 18.1 Å². The van der Waals surface area contributed by atoms with E-state index < -0.39 is 0 Å². The van der Waals surface area contributed by atoms with Crippen molar-refractivity contribution in [2.24, 2.45) is 0 Å². The van der Waals surface area contributed by atoms with Gasteiger partial charge in [-0.3, -0.25) is 9.89 Å². The summed E-state index contributed by atoms with van der Waals surface area (Å²) in [4.78, 5) is 17.0. The van der Waals surface area contributed by atoms with Crippen molar-refractivity contribution in [3.63, 3.8) is 0 Å². The quantitative estimate of drug-likeness (QED) is 0.628. The Morgan fingerprint density at radius 1 is 1.00 bits per heavy atom. The Bertz CT molecular complexity index is 1040. The number of aromatic nitrogens is 3. The van der Waals surface area contributed by atoms with Crippen molar-refractivity contribution in [2.75, 3.05) is 0 Å². The Morgan fingerprint density at radius 2 is 1.75 bits per heavy atom. The van der Waals surface area contributed by atoms with Gasteiger partial charge in [0, 0.05) is 18.6 Å². The van der Waals surface area contributed by atoms with Crippen molar-refractivity contribution in [1.82, 2.24) is 14.6 Å². The Hall–Kier alpha value is -3.14. The minimum absolute atomic E-state index is 0.0932. The van der Waals surface area contributed by atoms with Gasteiger partial charge in [-0.2, -0.15) is 0 Å². The predicted molar refractivity (Wildman–Crippen MR) is 95.2 cm³/mol. The van der Waals surface area contributed by atoms with E-state index in [-0.39, 0.29) is 5.56 Å². The highest BCUT2D eigenvalue weighted by Crippen LogP contribution is 2.19. The van der Waals surface area contributed by atoms with Crippen molar-refractivity contribution in [2.45, 2.75) is 13.3 Å². The van der Waals surface area contributed by atoms with Crippen molar-refractivity contribution >= 4 is 5.65 Å². The van der Waals surface area contributed by atoms with Gasteiger partial charge in [0.05, 0.1) is 11.4 Å². The number of nitrogens with one attached hydrogen (secondary N) is 1. The molecule has 118 valence electrons. The number of aromatic amines is 1. The Balaban J connectivity index is 1.75. The molecular formula is C20H17N3O. The van der Waals surface area contributed by atoms with E-state index in [4.69, 9.17) is 0 Å². The SMILES string of the molecule is Cc1ccc(-c2cc3nc(Cc4ccccc4)cc(=O)n3[nH]2)cc1. The van der Waals surface area contributed by atoms with E-state index in [1.807, 2.05) is 48.5 Å². The normalized spacial score (nSPS) is 11.0. The second kappa shape index (κ2) is 5.81. The molecule has 0 fully saturated rings. The Labute approximate surface area is 139 Å². The molecule has 0 unspecified atom stereocenters. The molecule has 0 aliphatic carbocycles. The van der Waals surface area contributed by atoms with E-state index in [1.165, 1.54) is 10.1 Å². The second-order valence-corrected chi connectivity index (χ2v) is 5.98. The first kappa shape index (κ1) is 14.5. The number of rotatable bonds is 3. The van der Waals surface area contributed by atoms with E-state index >= 15 is 0 Å². The predicted octanol–water partition coefficient (Wildman–Crippen LogP) is 3.59. The average molecular weight is 315 g/mol. The molecule has 4 rings (SSSR count). The standard InChI is InChI=1S/C20H17N3O/c1-14-7-9-16(10-8-14)18-13-19-21-17(12-20(24)23(19)22-18)11-15-5-3-2-4-6-15/h2-10,12-13,22H,11H2,1H3. The third-order valence-electron chi connectivity index (χ3n) is 4.09. The van der Waals surface area contributed by atoms with Crippen LogP contribution in [0.15, 0.2) is 71.5 Å². The van der Waals surface area contributed by atoms with Gasteiger partial charge >= 0.3 is 0 Å². The number of benzene rings is 2. The lowest BCUT2D eigenvalue weighted by Gasteiger charge is -2.01. The molecule has 4 nitrogen and oxygen atoms in total. The molecule has 4 aromatic rings. The molecule has 0 spiro atoms. The van der Waals surface area contributed by atoms with Crippen LogP contribution in [0.5, 0.6) is 0 Å². The van der Waals surface area contributed by atoms with Gasteiger partial charge in [-0.25, -0.2) is 9.50 Å². The molecule has 0 aliphatic heterocycles. The molecule has 2 aromatic carbocycles. The minimum Gasteiger partial charge on any atom is -0.289 e. The molecule has 1 N–H and O–H groups in total. The fourth-order valence-corrected chi connectivity index (χ4v) is 2.82. The number of H-pyrrole nitrogens is 1. The largest absolute Gasteiger partial charge is 0.289 e. The van der Waals surface area contributed by atoms with Crippen molar-refractivity contribution in [3.8, 4) is 11.3 Å². The molecule has 2 aromatic heterocycles. The molecule has 0 atom stereocenters. The van der Waals surface area contributed by atoms with Crippen LogP contribution in [0.1, 0.15) is 16.8 Å². The molecular weight excluding hydrogens is 298 g/mol. The summed E-state index contributed by atoms with van der Waals surface area (Å²) in [6.07, 6.45) is 0.650. The maximum absolute atomic E-state index is 12.4. The van der Waals surface area contributed by atoms with Crippen molar-refractivity contribution in [3.05, 3.63) is 93.9 Å². The maximum Gasteiger partial charge on any atom is 0.272 e. The monoisotopic (exact) mass is 315 g/mol. The van der Waals surface area contributed by atoms with Crippen LogP contribution in [0.25, 0.3) is 16.9 Å². The van der Waals surface area contributed by atoms with Crippen LogP contribution < -0.4 is 5.56 Å². The third-order valence-corrected chi connectivity index (χ3v) is 4.09. The molecule has 0 saturated heterocycles. The first-order valence-corrected chi connectivity index (χ1v) is 7.92. The van der Waals surface area contributed by atoms with Crippen LogP contribution in [0.2, 0.25) is 0 Å². The van der Waals surface area contributed by atoms with Gasteiger partial charge in [0.2, 0.25) is 0 Å². The molecule has 0 bridgehead atoms. The van der Waals surface area contributed by atoms with Crippen LogP contribution in [0.4, 0.5) is 0 Å². The van der Waals surface area contributed by atoms with E-state index in [0.29, 0.717) is 12.1 Å². The summed E-state index contributed by atoms with van der Waals surface area (Å²) >= 11 is 0. The number of fused-ring (bicyclic) bond motifs is 1. The van der Waals surface area contributed by atoms with Gasteiger partial charge in [0.1, 0.15) is 0 Å². The zero-order valence-electron chi connectivity index (χ0n) is 13.4. The molecule has 2 heterocycles. The summed E-state index contributed by atoms with van der Waals surface area (Å²) in [5.41, 5.74) is 5.60. The highest BCUT2D eigenvalue weighted by molar-refractivity contribution is 5.64. The fourth-order valence-electron chi connectivity index (χ4n) is 2.82. The highest BCUT2D eigenvalue weighted by Gasteiger charge is 2.08. The lowest BCUT2D eigenvalue weighted by molar-refractivity contribution is 0.884. The van der Waals surface area contributed by atoms with Gasteiger partial charge in [-0.1, -0.05) is 60.2 Å². The molecule has 0 radical (unpaired) electrons. The number of nitrogens with zero attached hydrogens (tertiary/aromatic N) is 2. The Kier molecular flexibility index (Phi) is 3.50.